The molecular weight excluding hydrogens is 424 g/mol. The molecule has 2 aromatic rings. The van der Waals surface area contributed by atoms with Gasteiger partial charge in [0, 0.05) is 47.0 Å². The minimum absolute atomic E-state index is 0.156. The van der Waals surface area contributed by atoms with Crippen molar-refractivity contribution in [2.24, 2.45) is 7.05 Å². The fourth-order valence-electron chi connectivity index (χ4n) is 1.88. The topological polar surface area (TPSA) is 81.2 Å². The number of anilines is 1. The van der Waals surface area contributed by atoms with Crippen LogP contribution in [-0.4, -0.2) is 29.6 Å². The van der Waals surface area contributed by atoms with Gasteiger partial charge in [-0.15, -0.1) is 0 Å². The zero-order valence-electron chi connectivity index (χ0n) is 11.4. The lowest BCUT2D eigenvalue weighted by atomic mass is 10.3. The van der Waals surface area contributed by atoms with Gasteiger partial charge in [-0.05, 0) is 44.0 Å². The molecule has 0 aliphatic heterocycles. The van der Waals surface area contributed by atoms with Crippen LogP contribution < -0.4 is 5.73 Å². The number of hydrogen-bond donors (Lipinski definition) is 1. The van der Waals surface area contributed by atoms with Gasteiger partial charge in [0.2, 0.25) is 10.0 Å². The van der Waals surface area contributed by atoms with E-state index in [1.807, 2.05) is 0 Å². The number of sulfonamides is 1. The highest BCUT2D eigenvalue weighted by Gasteiger charge is 2.26. The highest BCUT2D eigenvalue weighted by Crippen LogP contribution is 2.34. The van der Waals surface area contributed by atoms with Crippen molar-refractivity contribution in [1.29, 1.82) is 0 Å². The van der Waals surface area contributed by atoms with Gasteiger partial charge in [0.05, 0.1) is 6.20 Å². The van der Waals surface area contributed by atoms with Crippen LogP contribution >= 0.6 is 31.9 Å². The summed E-state index contributed by atoms with van der Waals surface area (Å²) >= 11 is 6.52. The number of rotatable bonds is 4. The van der Waals surface area contributed by atoms with Crippen LogP contribution in [0.15, 0.2) is 38.4 Å². The minimum Gasteiger partial charge on any atom is -0.399 e. The predicted molar refractivity (Wildman–Crippen MR) is 88.1 cm³/mol. The smallest absolute Gasteiger partial charge is 0.245 e. The third kappa shape index (κ3) is 3.47. The first-order chi connectivity index (χ1) is 9.71. The number of nitrogens with two attached hydrogens (primary N) is 1. The average Bonchev–Trinajstić information content (AvgIpc) is 2.72. The summed E-state index contributed by atoms with van der Waals surface area (Å²) in [5.41, 5.74) is 6.98. The lowest BCUT2D eigenvalue weighted by molar-refractivity contribution is 0.466. The van der Waals surface area contributed by atoms with Crippen LogP contribution in [0.5, 0.6) is 0 Å². The van der Waals surface area contributed by atoms with Gasteiger partial charge in [-0.2, -0.15) is 9.40 Å². The minimum atomic E-state index is -3.66. The SMILES string of the molecule is CN(Cc1cnn(C)c1)S(=O)(=O)c1c(Br)cc(N)cc1Br. The number of aryl methyl sites for hydroxylation is 1. The lowest BCUT2D eigenvalue weighted by Gasteiger charge is -2.18. The molecule has 2 N–H and O–H groups in total. The van der Waals surface area contributed by atoms with Gasteiger partial charge in [0.25, 0.3) is 0 Å². The Hall–Kier alpha value is -0.900. The molecule has 0 bridgehead atoms. The number of aromatic nitrogens is 2. The van der Waals surface area contributed by atoms with Gasteiger partial charge in [-0.25, -0.2) is 8.42 Å². The Balaban J connectivity index is 2.38. The highest BCUT2D eigenvalue weighted by atomic mass is 79.9. The van der Waals surface area contributed by atoms with E-state index in [-0.39, 0.29) is 11.4 Å². The van der Waals surface area contributed by atoms with Crippen LogP contribution in [0.2, 0.25) is 0 Å². The fourth-order valence-corrected chi connectivity index (χ4v) is 5.57. The fraction of sp³-hybridized carbons (Fsp3) is 0.250. The number of benzene rings is 1. The molecule has 1 aromatic carbocycles. The van der Waals surface area contributed by atoms with Crippen LogP contribution in [0.1, 0.15) is 5.56 Å². The van der Waals surface area contributed by atoms with Crippen molar-refractivity contribution in [1.82, 2.24) is 14.1 Å². The van der Waals surface area contributed by atoms with E-state index in [9.17, 15) is 8.42 Å². The quantitative estimate of drug-likeness (QED) is 0.744. The van der Waals surface area contributed by atoms with Crippen molar-refractivity contribution >= 4 is 47.6 Å². The summed E-state index contributed by atoms with van der Waals surface area (Å²) in [4.78, 5) is 0.156. The summed E-state index contributed by atoms with van der Waals surface area (Å²) in [7, 11) is -0.351. The molecule has 0 spiro atoms. The first kappa shape index (κ1) is 16.5. The summed E-state index contributed by atoms with van der Waals surface area (Å²) in [6, 6.07) is 3.13. The third-order valence-electron chi connectivity index (χ3n) is 2.85. The summed E-state index contributed by atoms with van der Waals surface area (Å²) < 4.78 is 29.1. The second-order valence-electron chi connectivity index (χ2n) is 4.60. The van der Waals surface area contributed by atoms with Crippen molar-refractivity contribution in [3.05, 3.63) is 39.0 Å². The summed E-state index contributed by atoms with van der Waals surface area (Å²) in [6.45, 7) is 0.236. The molecule has 0 radical (unpaired) electrons. The molecule has 0 aliphatic rings. The molecule has 9 heteroatoms. The Morgan fingerprint density at radius 2 is 1.90 bits per heavy atom. The monoisotopic (exact) mass is 436 g/mol. The highest BCUT2D eigenvalue weighted by molar-refractivity contribution is 9.11. The van der Waals surface area contributed by atoms with E-state index in [4.69, 9.17) is 5.73 Å². The van der Waals surface area contributed by atoms with Gasteiger partial charge in [0.15, 0.2) is 0 Å². The van der Waals surface area contributed by atoms with E-state index in [1.165, 1.54) is 11.4 Å². The van der Waals surface area contributed by atoms with E-state index in [1.54, 1.807) is 36.3 Å². The first-order valence-corrected chi connectivity index (χ1v) is 8.93. The van der Waals surface area contributed by atoms with Gasteiger partial charge >= 0.3 is 0 Å². The zero-order chi connectivity index (χ0) is 15.8. The zero-order valence-corrected chi connectivity index (χ0v) is 15.4. The number of nitrogens with zero attached hydrogens (tertiary/aromatic N) is 3. The Bertz CT molecular complexity index is 750. The Morgan fingerprint density at radius 1 is 1.33 bits per heavy atom. The van der Waals surface area contributed by atoms with Crippen LogP contribution in [0.4, 0.5) is 5.69 Å². The second kappa shape index (κ2) is 6.07. The molecular formula is C12H14Br2N4O2S. The molecule has 0 saturated heterocycles. The number of halogens is 2. The van der Waals surface area contributed by atoms with E-state index in [0.29, 0.717) is 14.6 Å². The first-order valence-electron chi connectivity index (χ1n) is 5.90. The number of hydrogen-bond acceptors (Lipinski definition) is 4. The average molecular weight is 438 g/mol. The van der Waals surface area contributed by atoms with Crippen molar-refractivity contribution in [3.63, 3.8) is 0 Å². The Morgan fingerprint density at radius 3 is 2.38 bits per heavy atom. The van der Waals surface area contributed by atoms with Crippen molar-refractivity contribution in [2.75, 3.05) is 12.8 Å². The molecule has 114 valence electrons. The van der Waals surface area contributed by atoms with E-state index >= 15 is 0 Å². The predicted octanol–water partition coefficient (Wildman–Crippen LogP) is 2.35. The maximum atomic E-state index is 12.7. The number of nitrogen functional groups attached to an aromatic ring is 1. The van der Waals surface area contributed by atoms with Crippen molar-refractivity contribution in [2.45, 2.75) is 11.4 Å². The van der Waals surface area contributed by atoms with E-state index in [2.05, 4.69) is 37.0 Å². The summed E-state index contributed by atoms with van der Waals surface area (Å²) in [6.07, 6.45) is 3.41. The molecule has 0 aliphatic carbocycles. The van der Waals surface area contributed by atoms with Gasteiger partial charge < -0.3 is 5.73 Å². The van der Waals surface area contributed by atoms with Crippen LogP contribution in [0.3, 0.4) is 0 Å². The van der Waals surface area contributed by atoms with Gasteiger partial charge in [0.1, 0.15) is 4.90 Å². The second-order valence-corrected chi connectivity index (χ2v) is 8.29. The molecule has 1 heterocycles. The Kier molecular flexibility index (Phi) is 4.76. The van der Waals surface area contributed by atoms with Crippen LogP contribution in [0.25, 0.3) is 0 Å². The molecule has 0 saturated carbocycles. The van der Waals surface area contributed by atoms with Gasteiger partial charge in [-0.3, -0.25) is 4.68 Å². The van der Waals surface area contributed by atoms with E-state index in [0.717, 1.165) is 5.56 Å². The molecule has 6 nitrogen and oxygen atoms in total. The normalized spacial score (nSPS) is 12.0. The third-order valence-corrected chi connectivity index (χ3v) is 6.53. The van der Waals surface area contributed by atoms with Crippen molar-refractivity contribution in [3.8, 4) is 0 Å². The molecule has 2 rings (SSSR count). The molecule has 0 unspecified atom stereocenters. The molecule has 1 aromatic heterocycles. The molecule has 0 fully saturated rings. The summed E-state index contributed by atoms with van der Waals surface area (Å²) in [5.74, 6) is 0. The Labute approximate surface area is 140 Å². The standard InChI is InChI=1S/C12H14Br2N4O2S/c1-17-6-8(5-16-17)7-18(2)21(19,20)12-10(13)3-9(15)4-11(12)14/h3-6H,7,15H2,1-2H3. The maximum absolute atomic E-state index is 12.7. The molecule has 0 amide bonds. The largest absolute Gasteiger partial charge is 0.399 e. The van der Waals surface area contributed by atoms with E-state index < -0.39 is 10.0 Å². The van der Waals surface area contributed by atoms with Crippen LogP contribution in [-0.2, 0) is 23.6 Å². The summed E-state index contributed by atoms with van der Waals surface area (Å²) in [5, 5.41) is 4.03. The van der Waals surface area contributed by atoms with Gasteiger partial charge in [-0.1, -0.05) is 0 Å². The maximum Gasteiger partial charge on any atom is 0.245 e. The molecule has 21 heavy (non-hydrogen) atoms. The molecule has 0 atom stereocenters. The lowest BCUT2D eigenvalue weighted by Crippen LogP contribution is -2.27. The van der Waals surface area contributed by atoms with Crippen molar-refractivity contribution < 1.29 is 8.42 Å². The van der Waals surface area contributed by atoms with Crippen LogP contribution in [0, 0.1) is 0 Å².